The van der Waals surface area contributed by atoms with Gasteiger partial charge in [0.1, 0.15) is 5.54 Å². The molecule has 0 saturated carbocycles. The van der Waals surface area contributed by atoms with Crippen LogP contribution in [0.3, 0.4) is 0 Å². The maximum atomic E-state index is 13.4. The molecule has 5 atom stereocenters. The van der Waals surface area contributed by atoms with Crippen LogP contribution in [0.5, 0.6) is 0 Å². The summed E-state index contributed by atoms with van der Waals surface area (Å²) in [6.07, 6.45) is 0.631. The standard InChI is InChI=1S/C20H23N3O5/c1-3-10(2)23-17(26)15-13(8-9-14(24)25)22-20(16(15)18(23)27)11-6-4-5-7-12(11)21-19(20)28/h4-7,10,13,15-16,22H,3,8-9H2,1-2H3,(H,21,28)(H,24,25). The van der Waals surface area contributed by atoms with Gasteiger partial charge in [0, 0.05) is 29.8 Å². The number of benzene rings is 1. The number of carboxylic acid groups (broad SMARTS) is 1. The second-order valence-electron chi connectivity index (χ2n) is 7.80. The molecule has 1 aromatic rings. The van der Waals surface area contributed by atoms with Crippen molar-refractivity contribution in [1.82, 2.24) is 10.2 Å². The molecule has 2 saturated heterocycles. The molecule has 3 aliphatic rings. The Kier molecular flexibility index (Phi) is 4.26. The van der Waals surface area contributed by atoms with Gasteiger partial charge < -0.3 is 10.4 Å². The number of likely N-dealkylation sites (tertiary alicyclic amines) is 1. The second-order valence-corrected chi connectivity index (χ2v) is 7.80. The Bertz CT molecular complexity index is 884. The minimum atomic E-state index is -1.35. The lowest BCUT2D eigenvalue weighted by molar-refractivity contribution is -0.145. The quantitative estimate of drug-likeness (QED) is 0.653. The zero-order chi connectivity index (χ0) is 20.2. The Morgan fingerprint density at radius 2 is 1.96 bits per heavy atom. The van der Waals surface area contributed by atoms with Crippen LogP contribution < -0.4 is 10.6 Å². The Hall–Kier alpha value is -2.74. The van der Waals surface area contributed by atoms with E-state index in [0.29, 0.717) is 17.7 Å². The third-order valence-electron chi connectivity index (χ3n) is 6.36. The van der Waals surface area contributed by atoms with Gasteiger partial charge in [0.2, 0.25) is 17.7 Å². The fourth-order valence-corrected chi connectivity index (χ4v) is 4.93. The lowest BCUT2D eigenvalue weighted by Gasteiger charge is -2.31. The number of carboxylic acids is 1. The van der Waals surface area contributed by atoms with E-state index in [4.69, 9.17) is 5.11 Å². The average molecular weight is 385 g/mol. The summed E-state index contributed by atoms with van der Waals surface area (Å²) in [7, 11) is 0. The summed E-state index contributed by atoms with van der Waals surface area (Å²) in [6.45, 7) is 3.71. The number of anilines is 1. The highest BCUT2D eigenvalue weighted by atomic mass is 16.4. The number of amides is 3. The molecule has 4 rings (SSSR count). The summed E-state index contributed by atoms with van der Waals surface area (Å²) in [5, 5.41) is 15.2. The third-order valence-corrected chi connectivity index (χ3v) is 6.36. The van der Waals surface area contributed by atoms with E-state index < -0.39 is 29.4 Å². The van der Waals surface area contributed by atoms with Crippen molar-refractivity contribution in [2.75, 3.05) is 5.32 Å². The first-order valence-electron chi connectivity index (χ1n) is 9.60. The SMILES string of the molecule is CCC(C)N1C(=O)C2C(CCC(=O)O)NC3(C(=O)Nc4ccccc43)C2C1=O. The van der Waals surface area contributed by atoms with Crippen molar-refractivity contribution in [2.45, 2.75) is 50.7 Å². The van der Waals surface area contributed by atoms with Crippen LogP contribution in [0.4, 0.5) is 5.69 Å². The van der Waals surface area contributed by atoms with E-state index in [-0.39, 0.29) is 36.6 Å². The van der Waals surface area contributed by atoms with Crippen molar-refractivity contribution >= 4 is 29.4 Å². The zero-order valence-electron chi connectivity index (χ0n) is 15.8. The number of fused-ring (bicyclic) bond motifs is 4. The minimum Gasteiger partial charge on any atom is -0.481 e. The fraction of sp³-hybridized carbons (Fsp3) is 0.500. The van der Waals surface area contributed by atoms with Crippen molar-refractivity contribution in [2.24, 2.45) is 11.8 Å². The van der Waals surface area contributed by atoms with Crippen LogP contribution in [-0.2, 0) is 24.7 Å². The summed E-state index contributed by atoms with van der Waals surface area (Å²) in [5.41, 5.74) is -0.0980. The van der Waals surface area contributed by atoms with Crippen LogP contribution in [0.15, 0.2) is 24.3 Å². The van der Waals surface area contributed by atoms with E-state index in [1.807, 2.05) is 13.8 Å². The Labute approximate surface area is 162 Å². The lowest BCUT2D eigenvalue weighted by Crippen LogP contribution is -2.54. The molecule has 3 amide bonds. The number of carbonyl (C=O) groups is 4. The average Bonchev–Trinajstić information content (AvgIpc) is 3.24. The molecule has 8 nitrogen and oxygen atoms in total. The Morgan fingerprint density at radius 3 is 2.64 bits per heavy atom. The number of para-hydroxylation sites is 1. The van der Waals surface area contributed by atoms with Crippen LogP contribution in [0.2, 0.25) is 0 Å². The molecule has 3 N–H and O–H groups in total. The minimum absolute atomic E-state index is 0.148. The zero-order valence-corrected chi connectivity index (χ0v) is 15.8. The van der Waals surface area contributed by atoms with Gasteiger partial charge in [-0.05, 0) is 25.8 Å². The summed E-state index contributed by atoms with van der Waals surface area (Å²) in [4.78, 5) is 52.1. The third kappa shape index (κ3) is 2.33. The lowest BCUT2D eigenvalue weighted by atomic mass is 9.76. The maximum absolute atomic E-state index is 13.4. The van der Waals surface area contributed by atoms with Gasteiger partial charge in [-0.3, -0.25) is 29.4 Å². The molecule has 2 fully saturated rings. The molecule has 3 heterocycles. The van der Waals surface area contributed by atoms with Crippen LogP contribution in [0, 0.1) is 11.8 Å². The van der Waals surface area contributed by atoms with E-state index >= 15 is 0 Å². The van der Waals surface area contributed by atoms with Crippen LogP contribution in [-0.4, -0.2) is 45.8 Å². The van der Waals surface area contributed by atoms with Crippen LogP contribution in [0.1, 0.15) is 38.7 Å². The van der Waals surface area contributed by atoms with Crippen molar-refractivity contribution < 1.29 is 24.3 Å². The summed E-state index contributed by atoms with van der Waals surface area (Å²) in [6, 6.07) is 6.28. The van der Waals surface area contributed by atoms with Crippen molar-refractivity contribution in [3.8, 4) is 0 Å². The molecule has 0 aromatic heterocycles. The molecular weight excluding hydrogens is 362 g/mol. The number of carbonyl (C=O) groups excluding carboxylic acids is 3. The smallest absolute Gasteiger partial charge is 0.303 e. The van der Waals surface area contributed by atoms with Gasteiger partial charge in [-0.25, -0.2) is 0 Å². The Morgan fingerprint density at radius 1 is 1.25 bits per heavy atom. The first-order chi connectivity index (χ1) is 13.3. The molecule has 1 spiro atoms. The highest BCUT2D eigenvalue weighted by Gasteiger charge is 2.70. The molecule has 148 valence electrons. The van der Waals surface area contributed by atoms with Gasteiger partial charge in [-0.15, -0.1) is 0 Å². The van der Waals surface area contributed by atoms with Crippen molar-refractivity contribution in [3.05, 3.63) is 29.8 Å². The highest BCUT2D eigenvalue weighted by Crippen LogP contribution is 2.53. The molecule has 28 heavy (non-hydrogen) atoms. The van der Waals surface area contributed by atoms with E-state index in [1.54, 1.807) is 24.3 Å². The monoisotopic (exact) mass is 385 g/mol. The molecular formula is C20H23N3O5. The number of hydrogen-bond donors (Lipinski definition) is 3. The first-order valence-corrected chi connectivity index (χ1v) is 9.60. The number of imide groups is 1. The second kappa shape index (κ2) is 6.41. The molecule has 8 heteroatoms. The summed E-state index contributed by atoms with van der Waals surface area (Å²) >= 11 is 0. The van der Waals surface area contributed by atoms with E-state index in [2.05, 4.69) is 10.6 Å². The summed E-state index contributed by atoms with van der Waals surface area (Å²) in [5.74, 6) is -3.66. The number of nitrogens with one attached hydrogen (secondary N) is 2. The van der Waals surface area contributed by atoms with E-state index in [0.717, 1.165) is 0 Å². The van der Waals surface area contributed by atoms with E-state index in [1.165, 1.54) is 4.90 Å². The largest absolute Gasteiger partial charge is 0.481 e. The normalized spacial score (nSPS) is 31.9. The molecule has 0 aliphatic carbocycles. The molecule has 0 radical (unpaired) electrons. The number of nitrogens with zero attached hydrogens (tertiary/aromatic N) is 1. The number of aliphatic carboxylic acids is 1. The molecule has 5 unspecified atom stereocenters. The van der Waals surface area contributed by atoms with Gasteiger partial charge >= 0.3 is 5.97 Å². The van der Waals surface area contributed by atoms with Gasteiger partial charge in [0.25, 0.3) is 0 Å². The first kappa shape index (κ1) is 18.6. The highest BCUT2D eigenvalue weighted by molar-refractivity contribution is 6.15. The predicted octanol–water partition coefficient (Wildman–Crippen LogP) is 1.07. The molecule has 3 aliphatic heterocycles. The predicted molar refractivity (Wildman–Crippen MR) is 99.1 cm³/mol. The summed E-state index contributed by atoms with van der Waals surface area (Å²) < 4.78 is 0. The van der Waals surface area contributed by atoms with E-state index in [9.17, 15) is 19.2 Å². The molecule has 0 bridgehead atoms. The van der Waals surface area contributed by atoms with Gasteiger partial charge in [-0.1, -0.05) is 25.1 Å². The Balaban J connectivity index is 1.83. The maximum Gasteiger partial charge on any atom is 0.303 e. The van der Waals surface area contributed by atoms with Crippen LogP contribution in [0.25, 0.3) is 0 Å². The fourth-order valence-electron chi connectivity index (χ4n) is 4.93. The molecule has 1 aromatic carbocycles. The van der Waals surface area contributed by atoms with Crippen LogP contribution >= 0.6 is 0 Å². The number of rotatable bonds is 5. The van der Waals surface area contributed by atoms with Crippen molar-refractivity contribution in [3.63, 3.8) is 0 Å². The van der Waals surface area contributed by atoms with Gasteiger partial charge in [0.15, 0.2) is 0 Å². The van der Waals surface area contributed by atoms with Gasteiger partial charge in [-0.2, -0.15) is 0 Å². The number of hydrogen-bond acceptors (Lipinski definition) is 5. The van der Waals surface area contributed by atoms with Crippen molar-refractivity contribution in [1.29, 1.82) is 0 Å². The van der Waals surface area contributed by atoms with Gasteiger partial charge in [0.05, 0.1) is 11.8 Å². The topological polar surface area (TPSA) is 116 Å².